The van der Waals surface area contributed by atoms with Crippen LogP contribution in [0.2, 0.25) is 0 Å². The first-order chi connectivity index (χ1) is 12.2. The third-order valence-corrected chi connectivity index (χ3v) is 6.13. The van der Waals surface area contributed by atoms with Crippen LogP contribution in [-0.4, -0.2) is 63.1 Å². The van der Waals surface area contributed by atoms with Gasteiger partial charge < -0.3 is 10.2 Å². The van der Waals surface area contributed by atoms with E-state index >= 15 is 0 Å². The Balaban J connectivity index is 1.49. The molecular formula is C18H28N6S. The summed E-state index contributed by atoms with van der Waals surface area (Å²) in [6, 6.07) is 5.98. The molecule has 1 aliphatic rings. The SMILES string of the molecule is CN=C(NCCCc1nnc2ccccn12)N1CCSC(C(C)C)C1. The highest BCUT2D eigenvalue weighted by Crippen LogP contribution is 2.24. The molecule has 3 heterocycles. The third kappa shape index (κ3) is 4.45. The van der Waals surface area contributed by atoms with Gasteiger partial charge in [-0.15, -0.1) is 10.2 Å². The van der Waals surface area contributed by atoms with Crippen molar-refractivity contribution < 1.29 is 0 Å². The van der Waals surface area contributed by atoms with E-state index in [9.17, 15) is 0 Å². The molecule has 1 aliphatic heterocycles. The molecule has 25 heavy (non-hydrogen) atoms. The summed E-state index contributed by atoms with van der Waals surface area (Å²) in [6.07, 6.45) is 3.93. The van der Waals surface area contributed by atoms with Crippen LogP contribution in [0, 0.1) is 5.92 Å². The molecule has 2 aromatic rings. The second kappa shape index (κ2) is 8.56. The minimum atomic E-state index is 0.689. The lowest BCUT2D eigenvalue weighted by Crippen LogP contribution is -2.49. The molecule has 0 saturated carbocycles. The van der Waals surface area contributed by atoms with Crippen LogP contribution in [0.3, 0.4) is 0 Å². The van der Waals surface area contributed by atoms with Gasteiger partial charge in [-0.3, -0.25) is 9.39 Å². The maximum absolute atomic E-state index is 4.48. The van der Waals surface area contributed by atoms with Gasteiger partial charge in [0.1, 0.15) is 5.82 Å². The summed E-state index contributed by atoms with van der Waals surface area (Å²) in [6.45, 7) is 7.66. The molecule has 1 fully saturated rings. The number of fused-ring (bicyclic) bond motifs is 1. The minimum Gasteiger partial charge on any atom is -0.356 e. The van der Waals surface area contributed by atoms with Crippen molar-refractivity contribution in [3.63, 3.8) is 0 Å². The lowest BCUT2D eigenvalue weighted by Gasteiger charge is -2.36. The molecular weight excluding hydrogens is 332 g/mol. The maximum Gasteiger partial charge on any atom is 0.193 e. The molecule has 1 atom stereocenters. The monoisotopic (exact) mass is 360 g/mol. The first-order valence-electron chi connectivity index (χ1n) is 9.05. The topological polar surface area (TPSA) is 57.8 Å². The Morgan fingerprint density at radius 1 is 1.40 bits per heavy atom. The van der Waals surface area contributed by atoms with E-state index in [-0.39, 0.29) is 0 Å². The van der Waals surface area contributed by atoms with Crippen LogP contribution in [0.15, 0.2) is 29.4 Å². The van der Waals surface area contributed by atoms with Gasteiger partial charge in [0.25, 0.3) is 0 Å². The van der Waals surface area contributed by atoms with Gasteiger partial charge in [-0.2, -0.15) is 11.8 Å². The van der Waals surface area contributed by atoms with Crippen molar-refractivity contribution in [3.05, 3.63) is 30.2 Å². The number of thioether (sulfide) groups is 1. The van der Waals surface area contributed by atoms with E-state index in [1.165, 1.54) is 5.75 Å². The zero-order chi connectivity index (χ0) is 17.6. The highest BCUT2D eigenvalue weighted by atomic mass is 32.2. The molecule has 3 rings (SSSR count). The number of rotatable bonds is 5. The van der Waals surface area contributed by atoms with Gasteiger partial charge in [0.15, 0.2) is 11.6 Å². The van der Waals surface area contributed by atoms with Gasteiger partial charge in [0.2, 0.25) is 0 Å². The van der Waals surface area contributed by atoms with Crippen LogP contribution >= 0.6 is 11.8 Å². The smallest absolute Gasteiger partial charge is 0.193 e. The predicted molar refractivity (Wildman–Crippen MR) is 105 cm³/mol. The molecule has 7 heteroatoms. The molecule has 0 bridgehead atoms. The molecule has 0 aromatic carbocycles. The molecule has 0 radical (unpaired) electrons. The highest BCUT2D eigenvalue weighted by molar-refractivity contribution is 8.00. The number of hydrogen-bond acceptors (Lipinski definition) is 4. The lowest BCUT2D eigenvalue weighted by atomic mass is 10.1. The Kier molecular flexibility index (Phi) is 6.18. The first-order valence-corrected chi connectivity index (χ1v) is 10.1. The van der Waals surface area contributed by atoms with E-state index in [0.29, 0.717) is 11.2 Å². The molecule has 1 saturated heterocycles. The Labute approximate surface area is 154 Å². The normalized spacial score (nSPS) is 19.0. The van der Waals surface area contributed by atoms with E-state index in [4.69, 9.17) is 0 Å². The fraction of sp³-hybridized carbons (Fsp3) is 0.611. The summed E-state index contributed by atoms with van der Waals surface area (Å²) >= 11 is 2.09. The Bertz CT molecular complexity index is 710. The van der Waals surface area contributed by atoms with Gasteiger partial charge >= 0.3 is 0 Å². The van der Waals surface area contributed by atoms with Crippen molar-refractivity contribution in [1.82, 2.24) is 24.8 Å². The van der Waals surface area contributed by atoms with E-state index in [1.807, 2.05) is 31.4 Å². The van der Waals surface area contributed by atoms with Crippen molar-refractivity contribution in [2.24, 2.45) is 10.9 Å². The number of hydrogen-bond donors (Lipinski definition) is 1. The van der Waals surface area contributed by atoms with Crippen LogP contribution in [0.1, 0.15) is 26.1 Å². The molecule has 0 spiro atoms. The second-order valence-electron chi connectivity index (χ2n) is 6.72. The van der Waals surface area contributed by atoms with Crippen molar-refractivity contribution in [1.29, 1.82) is 0 Å². The predicted octanol–water partition coefficient (Wildman–Crippen LogP) is 2.31. The summed E-state index contributed by atoms with van der Waals surface area (Å²) in [4.78, 5) is 6.88. The lowest BCUT2D eigenvalue weighted by molar-refractivity contribution is 0.380. The number of guanidine groups is 1. The summed E-state index contributed by atoms with van der Waals surface area (Å²) in [5.41, 5.74) is 0.909. The first kappa shape index (κ1) is 18.0. The Morgan fingerprint density at radius 2 is 2.28 bits per heavy atom. The molecule has 2 aromatic heterocycles. The third-order valence-electron chi connectivity index (χ3n) is 4.59. The summed E-state index contributed by atoms with van der Waals surface area (Å²) in [5, 5.41) is 12.7. The van der Waals surface area contributed by atoms with Gasteiger partial charge in [-0.05, 0) is 24.5 Å². The average molecular weight is 361 g/mol. The summed E-state index contributed by atoms with van der Waals surface area (Å²) in [7, 11) is 1.88. The number of aliphatic imine (C=N–C) groups is 1. The number of nitrogens with zero attached hydrogens (tertiary/aromatic N) is 5. The zero-order valence-corrected chi connectivity index (χ0v) is 16.2. The summed E-state index contributed by atoms with van der Waals surface area (Å²) < 4.78 is 2.06. The van der Waals surface area contributed by atoms with Crippen LogP contribution in [0.25, 0.3) is 5.65 Å². The molecule has 136 valence electrons. The second-order valence-corrected chi connectivity index (χ2v) is 8.07. The van der Waals surface area contributed by atoms with E-state index in [0.717, 1.165) is 49.9 Å². The van der Waals surface area contributed by atoms with Crippen LogP contribution in [0.4, 0.5) is 0 Å². The average Bonchev–Trinajstić information content (AvgIpc) is 3.05. The Hall–Kier alpha value is -1.76. The van der Waals surface area contributed by atoms with Crippen molar-refractivity contribution in [2.45, 2.75) is 31.9 Å². The van der Waals surface area contributed by atoms with Gasteiger partial charge in [-0.1, -0.05) is 19.9 Å². The molecule has 1 N–H and O–H groups in total. The molecule has 0 aliphatic carbocycles. The number of aromatic nitrogens is 3. The molecule has 6 nitrogen and oxygen atoms in total. The Morgan fingerprint density at radius 3 is 3.08 bits per heavy atom. The fourth-order valence-electron chi connectivity index (χ4n) is 3.11. The van der Waals surface area contributed by atoms with Gasteiger partial charge in [-0.25, -0.2) is 0 Å². The molecule has 0 amide bonds. The van der Waals surface area contributed by atoms with E-state index < -0.39 is 0 Å². The largest absolute Gasteiger partial charge is 0.356 e. The molecule has 1 unspecified atom stereocenters. The van der Waals surface area contributed by atoms with Crippen LogP contribution in [0.5, 0.6) is 0 Å². The van der Waals surface area contributed by atoms with Crippen LogP contribution in [-0.2, 0) is 6.42 Å². The highest BCUT2D eigenvalue weighted by Gasteiger charge is 2.24. The number of pyridine rings is 1. The van der Waals surface area contributed by atoms with E-state index in [1.54, 1.807) is 0 Å². The maximum atomic E-state index is 4.48. The summed E-state index contributed by atoms with van der Waals surface area (Å²) in [5.74, 6) is 3.92. The minimum absolute atomic E-state index is 0.689. The van der Waals surface area contributed by atoms with Crippen molar-refractivity contribution in [3.8, 4) is 0 Å². The fourth-order valence-corrected chi connectivity index (χ4v) is 4.41. The van der Waals surface area contributed by atoms with E-state index in [2.05, 4.69) is 55.4 Å². The number of aryl methyl sites for hydroxylation is 1. The van der Waals surface area contributed by atoms with Gasteiger partial charge in [0, 0.05) is 50.3 Å². The van der Waals surface area contributed by atoms with Gasteiger partial charge in [0.05, 0.1) is 0 Å². The zero-order valence-electron chi connectivity index (χ0n) is 15.4. The quantitative estimate of drug-likeness (QED) is 0.504. The van der Waals surface area contributed by atoms with Crippen LogP contribution < -0.4 is 5.32 Å². The number of nitrogens with one attached hydrogen (secondary N) is 1. The van der Waals surface area contributed by atoms with Crippen molar-refractivity contribution >= 4 is 23.4 Å². The standard InChI is InChI=1S/C18H28N6S/c1-14(2)15-13-23(11-12-25-15)18(19-3)20-9-6-8-17-22-21-16-7-4-5-10-24(16)17/h4-5,7,10,14-15H,6,8-9,11-13H2,1-3H3,(H,19,20). The van der Waals surface area contributed by atoms with Crippen molar-refractivity contribution in [2.75, 3.05) is 32.4 Å².